The van der Waals surface area contributed by atoms with Crippen LogP contribution in [0.3, 0.4) is 0 Å². The third-order valence-corrected chi connectivity index (χ3v) is 6.27. The van der Waals surface area contributed by atoms with Crippen LogP contribution in [0.2, 0.25) is 0 Å². The van der Waals surface area contributed by atoms with Crippen molar-refractivity contribution in [3.63, 3.8) is 0 Å². The molecule has 0 bridgehead atoms. The van der Waals surface area contributed by atoms with Crippen LogP contribution in [-0.2, 0) is 27.3 Å². The molecule has 2 aromatic carbocycles. The molecule has 0 unspecified atom stereocenters. The number of benzene rings is 2. The first-order valence-corrected chi connectivity index (χ1v) is 11.0. The maximum Gasteiger partial charge on any atom is 0.246 e. The number of methoxy groups -OCH3 is 1. The van der Waals surface area contributed by atoms with E-state index in [1.165, 1.54) is 18.2 Å². The Balaban J connectivity index is 1.43. The summed E-state index contributed by atoms with van der Waals surface area (Å²) in [5.41, 5.74) is 2.53. The summed E-state index contributed by atoms with van der Waals surface area (Å²) in [6.45, 7) is 1.89. The highest BCUT2D eigenvalue weighted by atomic mass is 16.5. The van der Waals surface area contributed by atoms with Gasteiger partial charge in [-0.1, -0.05) is 42.5 Å². The van der Waals surface area contributed by atoms with Crippen LogP contribution < -0.4 is 10.1 Å². The molecule has 0 saturated heterocycles. The molecule has 1 heterocycles. The van der Waals surface area contributed by atoms with Crippen molar-refractivity contribution in [3.05, 3.63) is 65.7 Å². The van der Waals surface area contributed by atoms with E-state index in [0.717, 1.165) is 25.1 Å². The quantitative estimate of drug-likeness (QED) is 0.745. The molecule has 0 radical (unpaired) electrons. The van der Waals surface area contributed by atoms with Gasteiger partial charge < -0.3 is 19.7 Å². The molecule has 1 fully saturated rings. The first-order chi connectivity index (χ1) is 15.1. The summed E-state index contributed by atoms with van der Waals surface area (Å²) in [6, 6.07) is 17.8. The highest BCUT2D eigenvalue weighted by molar-refractivity contribution is 5.83. The summed E-state index contributed by atoms with van der Waals surface area (Å²) >= 11 is 0. The van der Waals surface area contributed by atoms with Gasteiger partial charge in [0.25, 0.3) is 0 Å². The molecule has 31 heavy (non-hydrogen) atoms. The highest BCUT2D eigenvalue weighted by Gasteiger charge is 2.42. The minimum atomic E-state index is -0.240. The monoisotopic (exact) mass is 422 g/mol. The Hall–Kier alpha value is -2.86. The van der Waals surface area contributed by atoms with Gasteiger partial charge in [-0.3, -0.25) is 9.59 Å². The van der Waals surface area contributed by atoms with Crippen molar-refractivity contribution >= 4 is 11.8 Å². The van der Waals surface area contributed by atoms with E-state index < -0.39 is 0 Å². The van der Waals surface area contributed by atoms with Crippen molar-refractivity contribution in [1.82, 2.24) is 10.2 Å². The molecule has 164 valence electrons. The lowest BCUT2D eigenvalue weighted by Crippen LogP contribution is -2.47. The van der Waals surface area contributed by atoms with Crippen LogP contribution in [0.5, 0.6) is 5.75 Å². The summed E-state index contributed by atoms with van der Waals surface area (Å²) < 4.78 is 10.9. The summed E-state index contributed by atoms with van der Waals surface area (Å²) in [7, 11) is 1.50. The molecule has 0 aromatic heterocycles. The maximum atomic E-state index is 13.5. The zero-order chi connectivity index (χ0) is 21.6. The molecule has 1 aliphatic carbocycles. The largest absolute Gasteiger partial charge is 0.493 e. The molecule has 6 nitrogen and oxygen atoms in total. The van der Waals surface area contributed by atoms with Gasteiger partial charge in [-0.2, -0.15) is 0 Å². The summed E-state index contributed by atoms with van der Waals surface area (Å²) in [5, 5.41) is 3.03. The van der Waals surface area contributed by atoms with Gasteiger partial charge >= 0.3 is 0 Å². The summed E-state index contributed by atoms with van der Waals surface area (Å²) in [6.07, 6.45) is 2.31. The summed E-state index contributed by atoms with van der Waals surface area (Å²) in [5.74, 6) is 0.734. The van der Waals surface area contributed by atoms with E-state index in [-0.39, 0.29) is 36.3 Å². The predicted octanol–water partition coefficient (Wildman–Crippen LogP) is 2.81. The van der Waals surface area contributed by atoms with Gasteiger partial charge in [-0.05, 0) is 48.4 Å². The number of para-hydroxylation sites is 1. The molecule has 2 aliphatic rings. The number of carbonyl (C=O) groups excluding carboxylic acids is 2. The molecule has 6 heteroatoms. The molecule has 1 saturated carbocycles. The van der Waals surface area contributed by atoms with E-state index in [2.05, 4.69) is 17.4 Å². The van der Waals surface area contributed by atoms with E-state index in [1.54, 1.807) is 0 Å². The summed E-state index contributed by atoms with van der Waals surface area (Å²) in [4.78, 5) is 27.6. The number of fused-ring (bicyclic) bond motifs is 1. The van der Waals surface area contributed by atoms with Crippen LogP contribution in [0, 0.1) is 11.8 Å². The van der Waals surface area contributed by atoms with Crippen LogP contribution in [0.4, 0.5) is 0 Å². The Morgan fingerprint density at radius 1 is 1.03 bits per heavy atom. The molecular weight excluding hydrogens is 392 g/mol. The van der Waals surface area contributed by atoms with Gasteiger partial charge in [0.2, 0.25) is 11.8 Å². The number of carbonyl (C=O) groups is 2. The average Bonchev–Trinajstić information content (AvgIpc) is 3.20. The second kappa shape index (κ2) is 9.96. The number of nitrogens with zero attached hydrogens (tertiary/aromatic N) is 1. The van der Waals surface area contributed by atoms with Crippen LogP contribution in [0.15, 0.2) is 54.6 Å². The number of hydrogen-bond donors (Lipinski definition) is 1. The minimum absolute atomic E-state index is 0.000315. The van der Waals surface area contributed by atoms with Crippen LogP contribution >= 0.6 is 0 Å². The first-order valence-electron chi connectivity index (χ1n) is 11.0. The fourth-order valence-electron chi connectivity index (χ4n) is 4.74. The third-order valence-electron chi connectivity index (χ3n) is 6.27. The zero-order valence-corrected chi connectivity index (χ0v) is 18.0. The van der Waals surface area contributed by atoms with Crippen LogP contribution in [0.1, 0.15) is 24.0 Å². The Bertz CT molecular complexity index is 901. The Morgan fingerprint density at radius 3 is 2.55 bits per heavy atom. The van der Waals surface area contributed by atoms with Crippen LogP contribution in [-0.4, -0.2) is 49.6 Å². The van der Waals surface area contributed by atoms with Gasteiger partial charge in [-0.15, -0.1) is 0 Å². The van der Waals surface area contributed by atoms with Crippen LogP contribution in [0.25, 0.3) is 0 Å². The third kappa shape index (κ3) is 5.25. The van der Waals surface area contributed by atoms with Gasteiger partial charge in [0.05, 0.1) is 12.5 Å². The van der Waals surface area contributed by atoms with E-state index in [4.69, 9.17) is 9.47 Å². The number of ether oxygens (including phenoxy) is 2. The second-order valence-corrected chi connectivity index (χ2v) is 8.45. The lowest BCUT2D eigenvalue weighted by molar-refractivity contribution is -0.137. The standard InChI is InChI=1S/C25H30N2O4/c1-30-17-24(28)26-23-14-18(16-31-21-9-3-2-4-10-21)13-22(23)25(29)27-12-11-19-7-5-6-8-20(19)15-27/h2-10,18,22-23H,11-17H2,1H3,(H,26,28)/t18-,22-,23-/m1/s1. The molecule has 4 rings (SSSR count). The smallest absolute Gasteiger partial charge is 0.246 e. The second-order valence-electron chi connectivity index (χ2n) is 8.45. The number of hydrogen-bond acceptors (Lipinski definition) is 4. The zero-order valence-electron chi connectivity index (χ0n) is 18.0. The molecule has 1 N–H and O–H groups in total. The van der Waals surface area contributed by atoms with E-state index >= 15 is 0 Å². The van der Waals surface area contributed by atoms with Gasteiger partial charge in [0.15, 0.2) is 0 Å². The number of rotatable bonds is 7. The lowest BCUT2D eigenvalue weighted by Gasteiger charge is -2.32. The fourth-order valence-corrected chi connectivity index (χ4v) is 4.74. The lowest BCUT2D eigenvalue weighted by atomic mass is 9.96. The Labute approximate surface area is 183 Å². The molecule has 3 atom stereocenters. The highest BCUT2D eigenvalue weighted by Crippen LogP contribution is 2.34. The van der Waals surface area contributed by atoms with Crippen molar-refractivity contribution < 1.29 is 19.1 Å². The average molecular weight is 423 g/mol. The number of nitrogens with one attached hydrogen (secondary N) is 1. The van der Waals surface area contributed by atoms with E-state index in [9.17, 15) is 9.59 Å². The predicted molar refractivity (Wildman–Crippen MR) is 118 cm³/mol. The maximum absolute atomic E-state index is 13.5. The van der Waals surface area contributed by atoms with Crippen molar-refractivity contribution in [2.45, 2.75) is 31.8 Å². The van der Waals surface area contributed by atoms with Gasteiger partial charge in [0, 0.05) is 26.2 Å². The first kappa shape index (κ1) is 21.4. The van der Waals surface area contributed by atoms with Crippen molar-refractivity contribution in [2.24, 2.45) is 11.8 Å². The normalized spacial score (nSPS) is 22.6. The van der Waals surface area contributed by atoms with Crippen molar-refractivity contribution in [2.75, 3.05) is 26.9 Å². The molecule has 1 aliphatic heterocycles. The minimum Gasteiger partial charge on any atom is -0.493 e. The topological polar surface area (TPSA) is 67.9 Å². The van der Waals surface area contributed by atoms with Gasteiger partial charge in [-0.25, -0.2) is 0 Å². The number of amides is 2. The van der Waals surface area contributed by atoms with E-state index in [1.807, 2.05) is 47.4 Å². The SMILES string of the molecule is COCC(=O)N[C@@H]1C[C@H](COc2ccccc2)C[C@H]1C(=O)N1CCc2ccccc2C1. The van der Waals surface area contributed by atoms with Crippen molar-refractivity contribution in [3.8, 4) is 5.75 Å². The molecule has 2 aromatic rings. The Kier molecular flexibility index (Phi) is 6.87. The fraction of sp³-hybridized carbons (Fsp3) is 0.440. The van der Waals surface area contributed by atoms with Crippen molar-refractivity contribution in [1.29, 1.82) is 0 Å². The molecule has 0 spiro atoms. The van der Waals surface area contributed by atoms with Gasteiger partial charge in [0.1, 0.15) is 12.4 Å². The van der Waals surface area contributed by atoms with E-state index in [0.29, 0.717) is 19.6 Å². The molecule has 2 amide bonds. The molecular formula is C25H30N2O4. The Morgan fingerprint density at radius 2 is 1.77 bits per heavy atom.